The number of benzene rings is 2. The Hall–Kier alpha value is -2.12. The minimum absolute atomic E-state index is 0.479. The molecular weight excluding hydrogens is 350 g/mol. The molecule has 1 heteroatoms. The number of likely N-dealkylation sites (tertiary alicyclic amines) is 1. The number of hydrogen-bond acceptors (Lipinski definition) is 1. The summed E-state index contributed by atoms with van der Waals surface area (Å²) in [5.74, 6) is 0.479. The van der Waals surface area contributed by atoms with E-state index in [4.69, 9.17) is 0 Å². The van der Waals surface area contributed by atoms with Gasteiger partial charge in [0.1, 0.15) is 0 Å². The summed E-state index contributed by atoms with van der Waals surface area (Å²) in [5.41, 5.74) is 7.18. The first kappa shape index (κ1) is 21.6. The quantitative estimate of drug-likeness (QED) is 0.532. The SMILES string of the molecule is CC1=CC(CN2CCCCC2)=CCC1.Cc1ccc(C(C)c2ccccc2)cc1. The molecule has 1 unspecified atom stereocenters. The van der Waals surface area contributed by atoms with E-state index >= 15 is 0 Å². The van der Waals surface area contributed by atoms with Gasteiger partial charge >= 0.3 is 0 Å². The molecule has 2 aliphatic rings. The van der Waals surface area contributed by atoms with Crippen LogP contribution in [0.2, 0.25) is 0 Å². The van der Waals surface area contributed by atoms with Gasteiger partial charge in [-0.05, 0) is 69.3 Å². The Balaban J connectivity index is 0.000000166. The lowest BCUT2D eigenvalue weighted by atomic mass is 9.93. The lowest BCUT2D eigenvalue weighted by Crippen LogP contribution is -2.31. The molecule has 0 saturated carbocycles. The minimum atomic E-state index is 0.479. The summed E-state index contributed by atoms with van der Waals surface area (Å²) in [4.78, 5) is 2.60. The molecule has 1 saturated heterocycles. The van der Waals surface area contributed by atoms with Crippen LogP contribution < -0.4 is 0 Å². The van der Waals surface area contributed by atoms with Crippen molar-refractivity contribution in [1.82, 2.24) is 4.90 Å². The molecule has 2 aromatic rings. The van der Waals surface area contributed by atoms with Crippen LogP contribution in [-0.4, -0.2) is 24.5 Å². The third kappa shape index (κ3) is 7.01. The maximum Gasteiger partial charge on any atom is 0.0230 e. The van der Waals surface area contributed by atoms with Crippen molar-refractivity contribution in [3.05, 3.63) is 94.6 Å². The number of hydrogen-bond donors (Lipinski definition) is 0. The van der Waals surface area contributed by atoms with Gasteiger partial charge in [-0.3, -0.25) is 4.90 Å². The van der Waals surface area contributed by atoms with E-state index < -0.39 is 0 Å². The Morgan fingerprint density at radius 2 is 1.48 bits per heavy atom. The number of piperidine rings is 1. The molecule has 0 N–H and O–H groups in total. The van der Waals surface area contributed by atoms with Crippen LogP contribution in [0.25, 0.3) is 0 Å². The second-order valence-electron chi connectivity index (χ2n) is 8.69. The molecule has 154 valence electrons. The van der Waals surface area contributed by atoms with Gasteiger partial charge in [-0.2, -0.15) is 0 Å². The van der Waals surface area contributed by atoms with Gasteiger partial charge in [0.15, 0.2) is 0 Å². The molecule has 4 rings (SSSR count). The Kier molecular flexibility index (Phi) is 8.31. The summed E-state index contributed by atoms with van der Waals surface area (Å²) in [6.07, 6.45) is 11.6. The number of nitrogens with zero attached hydrogens (tertiary/aromatic N) is 1. The minimum Gasteiger partial charge on any atom is -0.299 e. The van der Waals surface area contributed by atoms with E-state index in [1.807, 2.05) is 0 Å². The fraction of sp³-hybridized carbons (Fsp3) is 0.429. The molecular formula is C28H37N. The first-order valence-electron chi connectivity index (χ1n) is 11.3. The maximum atomic E-state index is 2.60. The molecule has 1 heterocycles. The van der Waals surface area contributed by atoms with Gasteiger partial charge in [0.25, 0.3) is 0 Å². The maximum absolute atomic E-state index is 2.60. The van der Waals surface area contributed by atoms with E-state index in [1.165, 1.54) is 68.4 Å². The second kappa shape index (κ2) is 11.2. The average Bonchev–Trinajstić information content (AvgIpc) is 2.76. The first-order valence-corrected chi connectivity index (χ1v) is 11.3. The average molecular weight is 388 g/mol. The zero-order valence-electron chi connectivity index (χ0n) is 18.5. The van der Waals surface area contributed by atoms with E-state index in [2.05, 4.69) is 92.4 Å². The summed E-state index contributed by atoms with van der Waals surface area (Å²) < 4.78 is 0. The zero-order chi connectivity index (χ0) is 20.5. The molecule has 1 fully saturated rings. The lowest BCUT2D eigenvalue weighted by Gasteiger charge is -2.27. The Bertz CT molecular complexity index is 792. The highest BCUT2D eigenvalue weighted by Gasteiger charge is 2.12. The Morgan fingerprint density at radius 3 is 2.14 bits per heavy atom. The van der Waals surface area contributed by atoms with Gasteiger partial charge in [0.2, 0.25) is 0 Å². The van der Waals surface area contributed by atoms with E-state index in [0.29, 0.717) is 5.92 Å². The van der Waals surface area contributed by atoms with E-state index in [9.17, 15) is 0 Å². The van der Waals surface area contributed by atoms with Crippen LogP contribution in [0.3, 0.4) is 0 Å². The van der Waals surface area contributed by atoms with Gasteiger partial charge in [-0.1, -0.05) is 91.2 Å². The normalized spacial score (nSPS) is 18.2. The summed E-state index contributed by atoms with van der Waals surface area (Å²) in [7, 11) is 0. The third-order valence-electron chi connectivity index (χ3n) is 6.11. The zero-order valence-corrected chi connectivity index (χ0v) is 18.5. The highest BCUT2D eigenvalue weighted by molar-refractivity contribution is 5.33. The van der Waals surface area contributed by atoms with Crippen molar-refractivity contribution >= 4 is 0 Å². The van der Waals surface area contributed by atoms with Crippen molar-refractivity contribution in [1.29, 1.82) is 0 Å². The number of rotatable bonds is 4. The molecule has 1 aliphatic carbocycles. The molecule has 1 atom stereocenters. The van der Waals surface area contributed by atoms with Crippen molar-refractivity contribution in [2.24, 2.45) is 0 Å². The van der Waals surface area contributed by atoms with Crippen molar-refractivity contribution in [3.63, 3.8) is 0 Å². The van der Waals surface area contributed by atoms with Gasteiger partial charge in [0.05, 0.1) is 0 Å². The van der Waals surface area contributed by atoms with E-state index in [-0.39, 0.29) is 0 Å². The van der Waals surface area contributed by atoms with Gasteiger partial charge < -0.3 is 0 Å². The summed E-state index contributed by atoms with van der Waals surface area (Å²) >= 11 is 0. The van der Waals surface area contributed by atoms with Crippen LogP contribution in [0.4, 0.5) is 0 Å². The summed E-state index contributed by atoms with van der Waals surface area (Å²) in [5, 5.41) is 0. The van der Waals surface area contributed by atoms with E-state index in [0.717, 1.165) is 0 Å². The Morgan fingerprint density at radius 1 is 0.828 bits per heavy atom. The summed E-state index contributed by atoms with van der Waals surface area (Å²) in [6, 6.07) is 19.4. The van der Waals surface area contributed by atoms with Crippen LogP contribution in [0.5, 0.6) is 0 Å². The van der Waals surface area contributed by atoms with Gasteiger partial charge in [0, 0.05) is 12.5 Å². The van der Waals surface area contributed by atoms with Gasteiger partial charge in [-0.25, -0.2) is 0 Å². The van der Waals surface area contributed by atoms with E-state index in [1.54, 1.807) is 11.1 Å². The molecule has 1 aliphatic heterocycles. The fourth-order valence-corrected chi connectivity index (χ4v) is 4.21. The molecule has 0 amide bonds. The predicted molar refractivity (Wildman–Crippen MR) is 127 cm³/mol. The van der Waals surface area contributed by atoms with Crippen LogP contribution in [0, 0.1) is 6.92 Å². The predicted octanol–water partition coefficient (Wildman–Crippen LogP) is 7.29. The highest BCUT2D eigenvalue weighted by atomic mass is 15.1. The molecule has 1 nitrogen and oxygen atoms in total. The molecule has 2 aromatic carbocycles. The number of aryl methyl sites for hydroxylation is 1. The van der Waals surface area contributed by atoms with Crippen molar-refractivity contribution in [2.45, 2.75) is 58.8 Å². The third-order valence-corrected chi connectivity index (χ3v) is 6.11. The molecule has 29 heavy (non-hydrogen) atoms. The second-order valence-corrected chi connectivity index (χ2v) is 8.69. The fourth-order valence-electron chi connectivity index (χ4n) is 4.21. The monoisotopic (exact) mass is 387 g/mol. The van der Waals surface area contributed by atoms with Crippen molar-refractivity contribution in [3.8, 4) is 0 Å². The largest absolute Gasteiger partial charge is 0.299 e. The van der Waals surface area contributed by atoms with Crippen LogP contribution in [-0.2, 0) is 0 Å². The molecule has 0 bridgehead atoms. The van der Waals surface area contributed by atoms with Crippen LogP contribution >= 0.6 is 0 Å². The molecule has 0 aromatic heterocycles. The molecule has 0 spiro atoms. The standard InChI is InChI=1S/C15H16.C13H21N/c1-12-8-10-15(11-9-12)13(2)14-6-4-3-5-7-14;1-12-6-5-7-13(10-12)11-14-8-3-2-4-9-14/h3-11,13H,1-2H3;7,10H,2-6,8-9,11H2,1H3. The first-order chi connectivity index (χ1) is 14.1. The van der Waals surface area contributed by atoms with Crippen molar-refractivity contribution in [2.75, 3.05) is 19.6 Å². The molecule has 0 radical (unpaired) electrons. The van der Waals surface area contributed by atoms with Gasteiger partial charge in [-0.15, -0.1) is 0 Å². The smallest absolute Gasteiger partial charge is 0.0230 e. The van der Waals surface area contributed by atoms with Crippen LogP contribution in [0.1, 0.15) is 68.6 Å². The van der Waals surface area contributed by atoms with Crippen LogP contribution in [0.15, 0.2) is 77.9 Å². The lowest BCUT2D eigenvalue weighted by molar-refractivity contribution is 0.248. The number of allylic oxidation sites excluding steroid dienone is 2. The van der Waals surface area contributed by atoms with Crippen molar-refractivity contribution < 1.29 is 0 Å². The summed E-state index contributed by atoms with van der Waals surface area (Å²) in [6.45, 7) is 10.4. The highest BCUT2D eigenvalue weighted by Crippen LogP contribution is 2.23. The topological polar surface area (TPSA) is 3.24 Å². The Labute approximate surface area is 178 Å².